The van der Waals surface area contributed by atoms with Crippen molar-refractivity contribution < 1.29 is 4.79 Å². The van der Waals surface area contributed by atoms with Crippen LogP contribution < -0.4 is 5.32 Å². The zero-order chi connectivity index (χ0) is 10.7. The van der Waals surface area contributed by atoms with Gasteiger partial charge in [-0.3, -0.25) is 4.79 Å². The number of halogens is 1. The third-order valence-electron chi connectivity index (χ3n) is 3.83. The highest BCUT2D eigenvalue weighted by molar-refractivity contribution is 9.09. The number of carbonyl (C=O) groups excluding carboxylic acids is 1. The van der Waals surface area contributed by atoms with Crippen molar-refractivity contribution in [2.75, 3.05) is 6.54 Å². The second kappa shape index (κ2) is 5.33. The third-order valence-corrected chi connectivity index (χ3v) is 5.03. The number of hydrogen-bond acceptors (Lipinski definition) is 1. The van der Waals surface area contributed by atoms with E-state index in [0.717, 1.165) is 13.0 Å². The van der Waals surface area contributed by atoms with Gasteiger partial charge in [0.2, 0.25) is 5.91 Å². The van der Waals surface area contributed by atoms with Crippen molar-refractivity contribution in [2.45, 2.75) is 49.8 Å². The maximum Gasteiger partial charge on any atom is 0.220 e. The molecule has 15 heavy (non-hydrogen) atoms. The van der Waals surface area contributed by atoms with Gasteiger partial charge in [-0.05, 0) is 37.5 Å². The van der Waals surface area contributed by atoms with E-state index in [1.54, 1.807) is 0 Å². The molecular weight excluding hydrogens is 254 g/mol. The number of nitrogens with one attached hydrogen (secondary N) is 1. The second-order valence-corrected chi connectivity index (χ2v) is 6.19. The van der Waals surface area contributed by atoms with E-state index < -0.39 is 0 Å². The first kappa shape index (κ1) is 11.4. The van der Waals surface area contributed by atoms with E-state index in [4.69, 9.17) is 0 Å². The molecule has 2 unspecified atom stereocenters. The van der Waals surface area contributed by atoms with E-state index in [1.165, 1.54) is 38.5 Å². The van der Waals surface area contributed by atoms with E-state index in [9.17, 15) is 4.79 Å². The molecule has 2 aliphatic rings. The Labute approximate surface area is 100 Å². The molecule has 2 atom stereocenters. The lowest BCUT2D eigenvalue weighted by atomic mass is 9.83. The highest BCUT2D eigenvalue weighted by Crippen LogP contribution is 2.31. The Bertz CT molecular complexity index is 228. The van der Waals surface area contributed by atoms with E-state index in [0.29, 0.717) is 16.7 Å². The van der Waals surface area contributed by atoms with Crippen LogP contribution in [-0.2, 0) is 4.79 Å². The molecule has 3 heteroatoms. The van der Waals surface area contributed by atoms with E-state index >= 15 is 0 Å². The van der Waals surface area contributed by atoms with Gasteiger partial charge < -0.3 is 5.32 Å². The van der Waals surface area contributed by atoms with Crippen LogP contribution >= 0.6 is 15.9 Å². The Balaban J connectivity index is 1.61. The molecule has 0 aromatic carbocycles. The number of alkyl halides is 1. The quantitative estimate of drug-likeness (QED) is 0.785. The molecule has 2 nitrogen and oxygen atoms in total. The molecule has 86 valence electrons. The molecule has 0 saturated heterocycles. The summed E-state index contributed by atoms with van der Waals surface area (Å²) < 4.78 is 0. The van der Waals surface area contributed by atoms with Gasteiger partial charge in [0, 0.05) is 17.8 Å². The zero-order valence-electron chi connectivity index (χ0n) is 9.18. The lowest BCUT2D eigenvalue weighted by molar-refractivity contribution is -0.122. The lowest BCUT2D eigenvalue weighted by Crippen LogP contribution is -2.33. The van der Waals surface area contributed by atoms with Gasteiger partial charge in [-0.2, -0.15) is 0 Å². The van der Waals surface area contributed by atoms with Crippen molar-refractivity contribution in [3.8, 4) is 0 Å². The van der Waals surface area contributed by atoms with Crippen LogP contribution in [0.15, 0.2) is 0 Å². The first-order chi connectivity index (χ1) is 7.25. The SMILES string of the molecule is O=C(CC1CCC1)NCC1CCCC1Br. The summed E-state index contributed by atoms with van der Waals surface area (Å²) in [5, 5.41) is 3.09. The molecule has 0 radical (unpaired) electrons. The highest BCUT2D eigenvalue weighted by atomic mass is 79.9. The molecule has 0 aliphatic heterocycles. The normalized spacial score (nSPS) is 31.3. The van der Waals surface area contributed by atoms with Gasteiger partial charge in [0.05, 0.1) is 0 Å². The Hall–Kier alpha value is -0.0500. The average molecular weight is 274 g/mol. The average Bonchev–Trinajstić information content (AvgIpc) is 2.55. The summed E-state index contributed by atoms with van der Waals surface area (Å²) in [6.45, 7) is 0.876. The molecule has 0 spiro atoms. The van der Waals surface area contributed by atoms with Gasteiger partial charge in [0.15, 0.2) is 0 Å². The molecule has 0 aromatic rings. The van der Waals surface area contributed by atoms with Crippen LogP contribution in [0.1, 0.15) is 44.9 Å². The van der Waals surface area contributed by atoms with Crippen LogP contribution in [0.3, 0.4) is 0 Å². The van der Waals surface area contributed by atoms with Gasteiger partial charge in [-0.1, -0.05) is 28.8 Å². The van der Waals surface area contributed by atoms with Crippen LogP contribution in [-0.4, -0.2) is 17.3 Å². The minimum absolute atomic E-state index is 0.270. The maximum atomic E-state index is 11.6. The van der Waals surface area contributed by atoms with Gasteiger partial charge >= 0.3 is 0 Å². The third kappa shape index (κ3) is 3.20. The molecule has 2 aliphatic carbocycles. The van der Waals surface area contributed by atoms with Crippen molar-refractivity contribution in [1.82, 2.24) is 5.32 Å². The molecule has 2 rings (SSSR count). The molecule has 1 amide bonds. The molecule has 0 heterocycles. The second-order valence-electron chi connectivity index (χ2n) is 5.01. The van der Waals surface area contributed by atoms with Crippen LogP contribution in [0.4, 0.5) is 0 Å². The largest absolute Gasteiger partial charge is 0.356 e. The smallest absolute Gasteiger partial charge is 0.220 e. The Morgan fingerprint density at radius 2 is 1.93 bits per heavy atom. The minimum atomic E-state index is 0.270. The summed E-state index contributed by atoms with van der Waals surface area (Å²) >= 11 is 3.68. The van der Waals surface area contributed by atoms with Gasteiger partial charge in [-0.25, -0.2) is 0 Å². The van der Waals surface area contributed by atoms with Crippen molar-refractivity contribution in [1.29, 1.82) is 0 Å². The monoisotopic (exact) mass is 273 g/mol. The summed E-state index contributed by atoms with van der Waals surface area (Å²) in [5.41, 5.74) is 0. The summed E-state index contributed by atoms with van der Waals surface area (Å²) in [7, 11) is 0. The number of carbonyl (C=O) groups is 1. The Morgan fingerprint density at radius 1 is 1.20 bits per heavy atom. The first-order valence-corrected chi connectivity index (χ1v) is 7.08. The summed E-state index contributed by atoms with van der Waals surface area (Å²) in [6, 6.07) is 0. The van der Waals surface area contributed by atoms with E-state index in [1.807, 2.05) is 0 Å². The van der Waals surface area contributed by atoms with Crippen molar-refractivity contribution in [3.05, 3.63) is 0 Å². The minimum Gasteiger partial charge on any atom is -0.356 e. The molecule has 0 aromatic heterocycles. The predicted molar refractivity (Wildman–Crippen MR) is 65.0 cm³/mol. The fourth-order valence-electron chi connectivity index (χ4n) is 2.50. The van der Waals surface area contributed by atoms with E-state index in [-0.39, 0.29) is 5.91 Å². The summed E-state index contributed by atoms with van der Waals surface area (Å²) in [4.78, 5) is 12.2. The zero-order valence-corrected chi connectivity index (χ0v) is 10.8. The number of hydrogen-bond donors (Lipinski definition) is 1. The summed E-state index contributed by atoms with van der Waals surface area (Å²) in [5.74, 6) is 1.62. The molecular formula is C12H20BrNO. The molecule has 2 fully saturated rings. The van der Waals surface area contributed by atoms with Gasteiger partial charge in [0.25, 0.3) is 0 Å². The van der Waals surface area contributed by atoms with Crippen LogP contribution in [0.2, 0.25) is 0 Å². The van der Waals surface area contributed by atoms with Crippen LogP contribution in [0, 0.1) is 11.8 Å². The van der Waals surface area contributed by atoms with Crippen molar-refractivity contribution in [3.63, 3.8) is 0 Å². The van der Waals surface area contributed by atoms with Crippen LogP contribution in [0.5, 0.6) is 0 Å². The summed E-state index contributed by atoms with van der Waals surface area (Å²) in [6.07, 6.45) is 8.45. The molecule has 2 saturated carbocycles. The Kier molecular flexibility index (Phi) is 4.06. The predicted octanol–water partition coefficient (Wildman–Crippen LogP) is 2.86. The fourth-order valence-corrected chi connectivity index (χ4v) is 3.27. The maximum absolute atomic E-state index is 11.6. The highest BCUT2D eigenvalue weighted by Gasteiger charge is 2.26. The van der Waals surface area contributed by atoms with Crippen LogP contribution in [0.25, 0.3) is 0 Å². The number of rotatable bonds is 4. The van der Waals surface area contributed by atoms with Gasteiger partial charge in [-0.15, -0.1) is 0 Å². The molecule has 1 N–H and O–H groups in total. The lowest BCUT2D eigenvalue weighted by Gasteiger charge is -2.25. The standard InChI is InChI=1S/C12H20BrNO/c13-11-6-2-5-10(11)8-14-12(15)7-9-3-1-4-9/h9-11H,1-8H2,(H,14,15). The van der Waals surface area contributed by atoms with E-state index in [2.05, 4.69) is 21.2 Å². The van der Waals surface area contributed by atoms with Crippen molar-refractivity contribution in [2.24, 2.45) is 11.8 Å². The topological polar surface area (TPSA) is 29.1 Å². The molecule has 0 bridgehead atoms. The Morgan fingerprint density at radius 3 is 2.47 bits per heavy atom. The number of amides is 1. The first-order valence-electron chi connectivity index (χ1n) is 6.16. The van der Waals surface area contributed by atoms with Crippen molar-refractivity contribution >= 4 is 21.8 Å². The van der Waals surface area contributed by atoms with Gasteiger partial charge in [0.1, 0.15) is 0 Å². The fraction of sp³-hybridized carbons (Fsp3) is 0.917.